The minimum atomic E-state index is -0.605. The number of rotatable bonds is 3. The van der Waals surface area contributed by atoms with Gasteiger partial charge in [-0.15, -0.1) is 11.3 Å². The minimum Gasteiger partial charge on any atom is -0.386 e. The first-order valence-corrected chi connectivity index (χ1v) is 5.63. The molecule has 2 rings (SSSR count). The molecule has 0 saturated heterocycles. The Morgan fingerprint density at radius 2 is 2.33 bits per heavy atom. The van der Waals surface area contributed by atoms with E-state index in [1.54, 1.807) is 18.6 Å². The zero-order valence-electron chi connectivity index (χ0n) is 7.80. The number of hydrogen-bond acceptors (Lipinski definition) is 4. The summed E-state index contributed by atoms with van der Waals surface area (Å²) >= 11 is 7.04. The molecule has 2 heterocycles. The van der Waals surface area contributed by atoms with Gasteiger partial charge in [-0.05, 0) is 11.6 Å². The molecule has 0 aromatic carbocycles. The van der Waals surface area contributed by atoms with Gasteiger partial charge in [0.05, 0.1) is 6.20 Å². The van der Waals surface area contributed by atoms with Crippen molar-refractivity contribution in [2.75, 3.05) is 0 Å². The summed E-state index contributed by atoms with van der Waals surface area (Å²) in [5.41, 5.74) is 0.983. The third kappa shape index (κ3) is 2.75. The molecule has 1 atom stereocenters. The van der Waals surface area contributed by atoms with Crippen LogP contribution in [0.25, 0.3) is 0 Å². The molecule has 2 aromatic heterocycles. The number of aliphatic hydroxyl groups excluding tert-OH is 1. The van der Waals surface area contributed by atoms with E-state index in [4.69, 9.17) is 11.6 Å². The lowest BCUT2D eigenvalue weighted by Gasteiger charge is -2.06. The molecule has 0 saturated carbocycles. The molecule has 0 aliphatic carbocycles. The third-order valence-electron chi connectivity index (χ3n) is 1.93. The molecule has 15 heavy (non-hydrogen) atoms. The van der Waals surface area contributed by atoms with Gasteiger partial charge in [0.25, 0.3) is 0 Å². The average Bonchev–Trinajstić information content (AvgIpc) is 2.66. The highest BCUT2D eigenvalue weighted by Crippen LogP contribution is 2.25. The molecule has 0 aliphatic heterocycles. The normalized spacial score (nSPS) is 12.7. The molecule has 0 bridgehead atoms. The van der Waals surface area contributed by atoms with Crippen LogP contribution in [0.15, 0.2) is 30.7 Å². The summed E-state index contributed by atoms with van der Waals surface area (Å²) in [6.45, 7) is 0. The second-order valence-corrected chi connectivity index (χ2v) is 4.78. The van der Waals surface area contributed by atoms with E-state index >= 15 is 0 Å². The second-order valence-electron chi connectivity index (χ2n) is 3.08. The maximum atomic E-state index is 9.85. The van der Waals surface area contributed by atoms with E-state index in [2.05, 4.69) is 9.97 Å². The van der Waals surface area contributed by atoms with Crippen LogP contribution >= 0.6 is 22.9 Å². The van der Waals surface area contributed by atoms with Crippen LogP contribution in [-0.4, -0.2) is 15.1 Å². The number of aromatic nitrogens is 2. The van der Waals surface area contributed by atoms with Crippen LogP contribution in [0, 0.1) is 0 Å². The van der Waals surface area contributed by atoms with E-state index in [0.29, 0.717) is 15.8 Å². The lowest BCUT2D eigenvalue weighted by atomic mass is 10.1. The Kier molecular flexibility index (Phi) is 3.30. The van der Waals surface area contributed by atoms with Crippen LogP contribution in [0.5, 0.6) is 0 Å². The molecule has 1 unspecified atom stereocenters. The summed E-state index contributed by atoms with van der Waals surface area (Å²) < 4.78 is 0.593. The van der Waals surface area contributed by atoms with Crippen molar-refractivity contribution in [3.8, 4) is 0 Å². The Bertz CT molecular complexity index is 432. The standard InChI is InChI=1S/C10H9ClN2OS/c11-9-6-13-10(15-9)8(14)4-7-2-1-3-12-5-7/h1-3,5-6,8,14H,4H2. The van der Waals surface area contributed by atoms with Crippen LogP contribution in [0.3, 0.4) is 0 Å². The Balaban J connectivity index is 2.07. The predicted octanol–water partition coefficient (Wildman–Crippen LogP) is 2.47. The largest absolute Gasteiger partial charge is 0.386 e. The number of thiazole rings is 1. The first kappa shape index (κ1) is 10.5. The molecule has 3 nitrogen and oxygen atoms in total. The fourth-order valence-corrected chi connectivity index (χ4v) is 2.17. The van der Waals surface area contributed by atoms with Crippen molar-refractivity contribution >= 4 is 22.9 Å². The van der Waals surface area contributed by atoms with E-state index in [1.807, 2.05) is 12.1 Å². The number of aliphatic hydroxyl groups is 1. The smallest absolute Gasteiger partial charge is 0.123 e. The quantitative estimate of drug-likeness (QED) is 0.897. The maximum absolute atomic E-state index is 9.85. The molecule has 0 spiro atoms. The van der Waals surface area contributed by atoms with Crippen molar-refractivity contribution in [2.45, 2.75) is 12.5 Å². The molecular weight excluding hydrogens is 232 g/mol. The van der Waals surface area contributed by atoms with Gasteiger partial charge in [0.1, 0.15) is 15.4 Å². The lowest BCUT2D eigenvalue weighted by molar-refractivity contribution is 0.178. The van der Waals surface area contributed by atoms with Crippen molar-refractivity contribution in [3.63, 3.8) is 0 Å². The van der Waals surface area contributed by atoms with Gasteiger partial charge in [-0.25, -0.2) is 4.98 Å². The SMILES string of the molecule is OC(Cc1cccnc1)c1ncc(Cl)s1. The number of nitrogens with zero attached hydrogens (tertiary/aromatic N) is 2. The van der Waals surface area contributed by atoms with Gasteiger partial charge >= 0.3 is 0 Å². The number of hydrogen-bond donors (Lipinski definition) is 1. The van der Waals surface area contributed by atoms with E-state index in [9.17, 15) is 5.11 Å². The predicted molar refractivity (Wildman–Crippen MR) is 60.0 cm³/mol. The fraction of sp³-hybridized carbons (Fsp3) is 0.200. The lowest BCUT2D eigenvalue weighted by Crippen LogP contribution is -2.01. The second kappa shape index (κ2) is 4.70. The molecule has 0 radical (unpaired) electrons. The summed E-state index contributed by atoms with van der Waals surface area (Å²) in [5, 5.41) is 10.5. The Labute approximate surface area is 96.4 Å². The van der Waals surface area contributed by atoms with Crippen LogP contribution in [0.2, 0.25) is 4.34 Å². The van der Waals surface area contributed by atoms with Gasteiger partial charge < -0.3 is 5.11 Å². The first-order valence-electron chi connectivity index (χ1n) is 4.44. The van der Waals surface area contributed by atoms with Crippen molar-refractivity contribution < 1.29 is 5.11 Å². The maximum Gasteiger partial charge on any atom is 0.123 e. The van der Waals surface area contributed by atoms with Crippen molar-refractivity contribution in [2.24, 2.45) is 0 Å². The van der Waals surface area contributed by atoms with Crippen LogP contribution in [-0.2, 0) is 6.42 Å². The Morgan fingerprint density at radius 3 is 2.93 bits per heavy atom. The highest BCUT2D eigenvalue weighted by Gasteiger charge is 2.12. The van der Waals surface area contributed by atoms with Crippen LogP contribution in [0.1, 0.15) is 16.7 Å². The summed E-state index contributed by atoms with van der Waals surface area (Å²) in [7, 11) is 0. The van der Waals surface area contributed by atoms with Crippen molar-refractivity contribution in [1.82, 2.24) is 9.97 Å². The Morgan fingerprint density at radius 1 is 1.47 bits per heavy atom. The molecule has 0 fully saturated rings. The van der Waals surface area contributed by atoms with Gasteiger partial charge in [0, 0.05) is 18.8 Å². The highest BCUT2D eigenvalue weighted by atomic mass is 35.5. The monoisotopic (exact) mass is 240 g/mol. The molecule has 5 heteroatoms. The van der Waals surface area contributed by atoms with E-state index in [-0.39, 0.29) is 0 Å². The van der Waals surface area contributed by atoms with E-state index in [0.717, 1.165) is 5.56 Å². The van der Waals surface area contributed by atoms with Crippen LogP contribution in [0.4, 0.5) is 0 Å². The molecular formula is C10H9ClN2OS. The zero-order chi connectivity index (χ0) is 10.7. The van der Waals surface area contributed by atoms with Crippen molar-refractivity contribution in [3.05, 3.63) is 45.6 Å². The van der Waals surface area contributed by atoms with Gasteiger partial charge in [0.15, 0.2) is 0 Å². The van der Waals surface area contributed by atoms with Gasteiger partial charge in [0.2, 0.25) is 0 Å². The fourth-order valence-electron chi connectivity index (χ4n) is 1.25. The summed E-state index contributed by atoms with van der Waals surface area (Å²) in [6, 6.07) is 3.77. The molecule has 0 amide bonds. The average molecular weight is 241 g/mol. The Hall–Kier alpha value is -0.970. The molecule has 0 aliphatic rings. The van der Waals surface area contributed by atoms with Gasteiger partial charge in [-0.3, -0.25) is 4.98 Å². The number of pyridine rings is 1. The minimum absolute atomic E-state index is 0.512. The van der Waals surface area contributed by atoms with Gasteiger partial charge in [-0.2, -0.15) is 0 Å². The summed E-state index contributed by atoms with van der Waals surface area (Å²) in [5.74, 6) is 0. The zero-order valence-corrected chi connectivity index (χ0v) is 9.37. The first-order chi connectivity index (χ1) is 7.25. The summed E-state index contributed by atoms with van der Waals surface area (Å²) in [6.07, 6.45) is 4.90. The number of halogens is 1. The van der Waals surface area contributed by atoms with E-state index in [1.165, 1.54) is 11.3 Å². The molecule has 78 valence electrons. The van der Waals surface area contributed by atoms with E-state index < -0.39 is 6.10 Å². The summed E-state index contributed by atoms with van der Waals surface area (Å²) in [4.78, 5) is 8.01. The third-order valence-corrected chi connectivity index (χ3v) is 3.15. The molecule has 1 N–H and O–H groups in total. The van der Waals surface area contributed by atoms with Crippen LogP contribution < -0.4 is 0 Å². The highest BCUT2D eigenvalue weighted by molar-refractivity contribution is 7.15. The molecule has 2 aromatic rings. The van der Waals surface area contributed by atoms with Crippen molar-refractivity contribution in [1.29, 1.82) is 0 Å². The topological polar surface area (TPSA) is 46.0 Å². The van der Waals surface area contributed by atoms with Gasteiger partial charge in [-0.1, -0.05) is 17.7 Å².